The molecule has 0 bridgehead atoms. The lowest BCUT2D eigenvalue weighted by atomic mass is 9.92. The molecule has 1 N–H and O–H groups in total. The number of carbonyl (C=O) groups excluding carboxylic acids is 1. The van der Waals surface area contributed by atoms with Crippen LogP contribution in [0.15, 0.2) is 57.8 Å². The summed E-state index contributed by atoms with van der Waals surface area (Å²) in [6.07, 6.45) is 1.85. The molecule has 0 unspecified atom stereocenters. The molecule has 34 heavy (non-hydrogen) atoms. The predicted octanol–water partition coefficient (Wildman–Crippen LogP) is 7.36. The first-order valence-corrected chi connectivity index (χ1v) is 12.8. The van der Waals surface area contributed by atoms with Crippen molar-refractivity contribution < 1.29 is 4.79 Å². The van der Waals surface area contributed by atoms with Crippen LogP contribution in [0.25, 0.3) is 0 Å². The number of pyridine rings is 1. The summed E-state index contributed by atoms with van der Waals surface area (Å²) in [5.74, 6) is 0.138. The van der Waals surface area contributed by atoms with E-state index in [9.17, 15) is 9.59 Å². The van der Waals surface area contributed by atoms with Gasteiger partial charge in [-0.2, -0.15) is 0 Å². The fourth-order valence-electron chi connectivity index (χ4n) is 4.50. The van der Waals surface area contributed by atoms with Gasteiger partial charge in [-0.05, 0) is 71.1 Å². The van der Waals surface area contributed by atoms with Gasteiger partial charge in [-0.15, -0.1) is 0 Å². The third kappa shape index (κ3) is 5.52. The van der Waals surface area contributed by atoms with Gasteiger partial charge in [-0.25, -0.2) is 0 Å². The third-order valence-corrected chi connectivity index (χ3v) is 7.38. The van der Waals surface area contributed by atoms with E-state index < -0.39 is 0 Å². The van der Waals surface area contributed by atoms with Gasteiger partial charge < -0.3 is 9.88 Å². The number of aromatic nitrogens is 1. The fraction of sp³-hybridized carbons (Fsp3) is 0.379. The molecule has 0 saturated heterocycles. The number of hydrogen-bond acceptors (Lipinski definition) is 2. The number of halogens is 1. The summed E-state index contributed by atoms with van der Waals surface area (Å²) in [6, 6.07) is 16.5. The zero-order valence-corrected chi connectivity index (χ0v) is 22.6. The smallest absolute Gasteiger partial charge is 0.261 e. The van der Waals surface area contributed by atoms with Crippen molar-refractivity contribution in [1.29, 1.82) is 0 Å². The predicted molar refractivity (Wildman–Crippen MR) is 145 cm³/mol. The molecule has 3 aromatic rings. The van der Waals surface area contributed by atoms with Crippen LogP contribution in [0.1, 0.15) is 84.4 Å². The standard InChI is InChI=1S/C29H35BrN2O2/c1-18(2)23-15-10-16-24(19(3)4)27(23)31-29(34)25-20(5)32(21(6)26(30)28(25)33)17-11-14-22-12-8-7-9-13-22/h7-10,12-13,15-16,18-19H,11,14,17H2,1-6H3,(H,31,34). The second kappa shape index (κ2) is 11.2. The van der Waals surface area contributed by atoms with Crippen LogP contribution in [0.4, 0.5) is 5.69 Å². The fourth-order valence-corrected chi connectivity index (χ4v) is 4.92. The number of amides is 1. The molecule has 0 saturated carbocycles. The number of aryl methyl sites for hydroxylation is 1. The average Bonchev–Trinajstić information content (AvgIpc) is 2.80. The van der Waals surface area contributed by atoms with E-state index in [1.807, 2.05) is 50.2 Å². The van der Waals surface area contributed by atoms with E-state index in [1.165, 1.54) is 5.56 Å². The minimum absolute atomic E-state index is 0.199. The number of nitrogens with zero attached hydrogens (tertiary/aromatic N) is 1. The van der Waals surface area contributed by atoms with Gasteiger partial charge in [0.15, 0.2) is 0 Å². The maximum Gasteiger partial charge on any atom is 0.261 e. The van der Waals surface area contributed by atoms with Gasteiger partial charge in [-0.1, -0.05) is 76.2 Å². The highest BCUT2D eigenvalue weighted by Crippen LogP contribution is 2.33. The quantitative estimate of drug-likeness (QED) is 0.335. The molecule has 1 heterocycles. The summed E-state index contributed by atoms with van der Waals surface area (Å²) in [7, 11) is 0. The minimum atomic E-state index is -0.352. The Bertz CT molecular complexity index is 1200. The Morgan fingerprint density at radius 2 is 1.50 bits per heavy atom. The van der Waals surface area contributed by atoms with Gasteiger partial charge in [0.25, 0.3) is 5.91 Å². The summed E-state index contributed by atoms with van der Waals surface area (Å²) < 4.78 is 2.53. The molecular formula is C29H35BrN2O2. The molecule has 0 aliphatic heterocycles. The van der Waals surface area contributed by atoms with Crippen molar-refractivity contribution >= 4 is 27.5 Å². The molecule has 0 spiro atoms. The Kier molecular flexibility index (Phi) is 8.53. The summed E-state index contributed by atoms with van der Waals surface area (Å²) in [5.41, 5.74) is 5.73. The molecule has 4 nitrogen and oxygen atoms in total. The number of anilines is 1. The Balaban J connectivity index is 1.97. The number of nitrogens with one attached hydrogen (secondary N) is 1. The van der Waals surface area contributed by atoms with Crippen molar-refractivity contribution in [3.63, 3.8) is 0 Å². The van der Waals surface area contributed by atoms with Gasteiger partial charge in [0.2, 0.25) is 5.43 Å². The molecule has 180 valence electrons. The van der Waals surface area contributed by atoms with Gasteiger partial charge >= 0.3 is 0 Å². The Labute approximate surface area is 211 Å². The van der Waals surface area contributed by atoms with Gasteiger partial charge in [0.1, 0.15) is 5.56 Å². The van der Waals surface area contributed by atoms with Crippen molar-refractivity contribution in [2.75, 3.05) is 5.32 Å². The van der Waals surface area contributed by atoms with Crippen LogP contribution in [0.2, 0.25) is 0 Å². The second-order valence-corrected chi connectivity index (χ2v) is 10.3. The van der Waals surface area contributed by atoms with Crippen molar-refractivity contribution in [2.45, 2.75) is 72.8 Å². The number of carbonyl (C=O) groups is 1. The summed E-state index contributed by atoms with van der Waals surface area (Å²) in [5, 5.41) is 3.12. The van der Waals surface area contributed by atoms with Crippen LogP contribution in [0.3, 0.4) is 0 Å². The molecule has 3 rings (SSSR count). The van der Waals surface area contributed by atoms with Gasteiger partial charge in [0.05, 0.1) is 4.47 Å². The lowest BCUT2D eigenvalue weighted by Crippen LogP contribution is -2.29. The molecule has 0 aliphatic rings. The number of rotatable bonds is 8. The van der Waals surface area contributed by atoms with Crippen LogP contribution in [0, 0.1) is 13.8 Å². The lowest BCUT2D eigenvalue weighted by molar-refractivity contribution is 0.102. The topological polar surface area (TPSA) is 51.1 Å². The largest absolute Gasteiger partial charge is 0.347 e. The maximum atomic E-state index is 13.6. The van der Waals surface area contributed by atoms with E-state index in [-0.39, 0.29) is 28.7 Å². The molecule has 0 aliphatic carbocycles. The molecular weight excluding hydrogens is 488 g/mol. The van der Waals surface area contributed by atoms with Crippen molar-refractivity contribution in [1.82, 2.24) is 4.57 Å². The first-order chi connectivity index (χ1) is 16.1. The molecule has 0 fully saturated rings. The summed E-state index contributed by atoms with van der Waals surface area (Å²) in [6.45, 7) is 13.0. The Hall–Kier alpha value is -2.66. The van der Waals surface area contributed by atoms with Gasteiger partial charge in [0, 0.05) is 23.6 Å². The highest BCUT2D eigenvalue weighted by Gasteiger charge is 2.23. The lowest BCUT2D eigenvalue weighted by Gasteiger charge is -2.22. The van der Waals surface area contributed by atoms with Crippen molar-refractivity contribution in [3.05, 3.63) is 96.9 Å². The monoisotopic (exact) mass is 522 g/mol. The van der Waals surface area contributed by atoms with Crippen LogP contribution < -0.4 is 10.7 Å². The third-order valence-electron chi connectivity index (χ3n) is 6.44. The summed E-state index contributed by atoms with van der Waals surface area (Å²) in [4.78, 5) is 26.8. The van der Waals surface area contributed by atoms with Gasteiger partial charge in [-0.3, -0.25) is 9.59 Å². The van der Waals surface area contributed by atoms with E-state index in [2.05, 4.69) is 65.6 Å². The Morgan fingerprint density at radius 3 is 2.06 bits per heavy atom. The minimum Gasteiger partial charge on any atom is -0.347 e. The van der Waals surface area contributed by atoms with Crippen LogP contribution >= 0.6 is 15.9 Å². The number of para-hydroxylation sites is 1. The van der Waals surface area contributed by atoms with Crippen molar-refractivity contribution in [3.8, 4) is 0 Å². The van der Waals surface area contributed by atoms with Crippen LogP contribution in [-0.4, -0.2) is 10.5 Å². The zero-order chi connectivity index (χ0) is 25.0. The molecule has 0 atom stereocenters. The molecule has 1 amide bonds. The second-order valence-electron chi connectivity index (χ2n) is 9.50. The number of hydrogen-bond donors (Lipinski definition) is 1. The van der Waals surface area contributed by atoms with E-state index in [0.717, 1.165) is 41.9 Å². The Morgan fingerprint density at radius 1 is 0.912 bits per heavy atom. The number of benzene rings is 2. The molecule has 0 radical (unpaired) electrons. The average molecular weight is 524 g/mol. The van der Waals surface area contributed by atoms with Crippen molar-refractivity contribution in [2.24, 2.45) is 0 Å². The van der Waals surface area contributed by atoms with E-state index in [4.69, 9.17) is 0 Å². The molecule has 2 aromatic carbocycles. The van der Waals surface area contributed by atoms with E-state index in [1.54, 1.807) is 0 Å². The highest BCUT2D eigenvalue weighted by atomic mass is 79.9. The highest BCUT2D eigenvalue weighted by molar-refractivity contribution is 9.10. The SMILES string of the molecule is Cc1c(Br)c(=O)c(C(=O)Nc2c(C(C)C)cccc2C(C)C)c(C)n1CCCc1ccccc1. The first kappa shape index (κ1) is 26.0. The summed E-state index contributed by atoms with van der Waals surface area (Å²) >= 11 is 3.47. The normalized spacial score (nSPS) is 11.3. The van der Waals surface area contributed by atoms with E-state index in [0.29, 0.717) is 10.2 Å². The first-order valence-electron chi connectivity index (χ1n) is 12.0. The molecule has 5 heteroatoms. The maximum absolute atomic E-state index is 13.6. The van der Waals surface area contributed by atoms with E-state index >= 15 is 0 Å². The molecule has 1 aromatic heterocycles. The van der Waals surface area contributed by atoms with Crippen LogP contribution in [0.5, 0.6) is 0 Å². The zero-order valence-electron chi connectivity index (χ0n) is 21.0. The van der Waals surface area contributed by atoms with Crippen LogP contribution in [-0.2, 0) is 13.0 Å².